The van der Waals surface area contributed by atoms with E-state index in [0.717, 1.165) is 36.4 Å². The highest BCUT2D eigenvalue weighted by Crippen LogP contribution is 2.30. The number of sulfonamides is 1. The summed E-state index contributed by atoms with van der Waals surface area (Å²) in [4.78, 5) is 19.3. The summed E-state index contributed by atoms with van der Waals surface area (Å²) < 4.78 is 27.5. The van der Waals surface area contributed by atoms with Gasteiger partial charge in [0.25, 0.3) is 10.0 Å². The third-order valence-corrected chi connectivity index (χ3v) is 7.54. The first-order valence-electron chi connectivity index (χ1n) is 9.08. The molecule has 2 aromatic rings. The number of aromatic amines is 1. The molecule has 10 heteroatoms. The van der Waals surface area contributed by atoms with Crippen molar-refractivity contribution in [3.05, 3.63) is 29.2 Å². The van der Waals surface area contributed by atoms with Gasteiger partial charge in [-0.1, -0.05) is 19.9 Å². The van der Waals surface area contributed by atoms with Crippen molar-refractivity contribution in [1.29, 1.82) is 0 Å². The smallest absolute Gasteiger partial charge is 0.250 e. The summed E-state index contributed by atoms with van der Waals surface area (Å²) in [7, 11) is -3.70. The molecule has 2 N–H and O–H groups in total. The molecule has 148 valence electrons. The molecule has 8 nitrogen and oxygen atoms in total. The minimum absolute atomic E-state index is 0.194. The first kappa shape index (κ1) is 20.0. The second kappa shape index (κ2) is 8.07. The molecule has 1 amide bonds. The average Bonchev–Trinajstić information content (AvgIpc) is 3.32. The number of carbonyl (C=O) groups is 1. The van der Waals surface area contributed by atoms with E-state index in [-0.39, 0.29) is 22.1 Å². The molecule has 3 rings (SSSR count). The van der Waals surface area contributed by atoms with Crippen LogP contribution in [0.15, 0.2) is 21.7 Å². The first-order valence-corrected chi connectivity index (χ1v) is 11.4. The fourth-order valence-electron chi connectivity index (χ4n) is 3.18. The third kappa shape index (κ3) is 4.39. The molecule has 0 radical (unpaired) electrons. The van der Waals surface area contributed by atoms with E-state index in [2.05, 4.69) is 19.9 Å². The van der Waals surface area contributed by atoms with Gasteiger partial charge >= 0.3 is 0 Å². The molecule has 1 fully saturated rings. The largest absolute Gasteiger partial charge is 0.331 e. The fourth-order valence-corrected chi connectivity index (χ4v) is 5.39. The molecular weight excluding hydrogens is 386 g/mol. The molecule has 0 saturated carbocycles. The number of amides is 1. The highest BCUT2D eigenvalue weighted by molar-refractivity contribution is 7.91. The second-order valence-electron chi connectivity index (χ2n) is 7.05. The Labute approximate surface area is 163 Å². The molecule has 27 heavy (non-hydrogen) atoms. The maximum absolute atomic E-state index is 13.0. The number of piperidine rings is 1. The van der Waals surface area contributed by atoms with Crippen molar-refractivity contribution in [2.45, 2.75) is 62.2 Å². The molecule has 1 aliphatic heterocycles. The van der Waals surface area contributed by atoms with Crippen LogP contribution in [0.25, 0.3) is 0 Å². The fraction of sp³-hybridized carbons (Fsp3) is 0.588. The summed E-state index contributed by atoms with van der Waals surface area (Å²) in [6.45, 7) is 6.18. The molecule has 1 saturated heterocycles. The minimum atomic E-state index is -3.70. The van der Waals surface area contributed by atoms with Crippen LogP contribution < -0.4 is 4.72 Å². The quantitative estimate of drug-likeness (QED) is 0.759. The van der Waals surface area contributed by atoms with E-state index in [9.17, 15) is 13.2 Å². The molecule has 1 aliphatic rings. The Morgan fingerprint density at radius 2 is 2.15 bits per heavy atom. The number of thiophene rings is 1. The summed E-state index contributed by atoms with van der Waals surface area (Å²) in [5.74, 6) is 1.33. The SMILES string of the molecule is CC(NS(=O)(=O)c1cccs1)C(=O)N1CCCCC1c1nc(C(C)C)n[nH]1. The topological polar surface area (TPSA) is 108 Å². The van der Waals surface area contributed by atoms with Crippen LogP contribution >= 0.6 is 11.3 Å². The van der Waals surface area contributed by atoms with Gasteiger partial charge in [-0.25, -0.2) is 13.4 Å². The Hall–Kier alpha value is -1.78. The van der Waals surface area contributed by atoms with E-state index in [1.807, 2.05) is 13.8 Å². The lowest BCUT2D eigenvalue weighted by Gasteiger charge is -2.36. The minimum Gasteiger partial charge on any atom is -0.331 e. The number of H-pyrrole nitrogens is 1. The van der Waals surface area contributed by atoms with Crippen molar-refractivity contribution in [2.24, 2.45) is 0 Å². The second-order valence-corrected chi connectivity index (χ2v) is 9.94. The van der Waals surface area contributed by atoms with Gasteiger partial charge in [-0.3, -0.25) is 9.89 Å². The Balaban J connectivity index is 1.76. The zero-order valence-electron chi connectivity index (χ0n) is 15.7. The van der Waals surface area contributed by atoms with E-state index in [1.54, 1.807) is 23.3 Å². The molecule has 2 unspecified atom stereocenters. The standard InChI is InChI=1S/C17H25N5O3S2/c1-11(2)15-18-16(20-19-15)13-7-4-5-9-22(13)17(23)12(3)21-27(24,25)14-8-6-10-26-14/h6,8,10-13,21H,4-5,7,9H2,1-3H3,(H,18,19,20). The van der Waals surface area contributed by atoms with E-state index >= 15 is 0 Å². The number of likely N-dealkylation sites (tertiary alicyclic amines) is 1. The summed E-state index contributed by atoms with van der Waals surface area (Å²) in [6, 6.07) is 2.13. The number of nitrogens with zero attached hydrogens (tertiary/aromatic N) is 3. The van der Waals surface area contributed by atoms with Crippen LogP contribution in [0.1, 0.15) is 63.6 Å². The molecule has 0 spiro atoms. The summed E-state index contributed by atoms with van der Waals surface area (Å²) in [5.41, 5.74) is 0. The van der Waals surface area contributed by atoms with E-state index in [0.29, 0.717) is 12.4 Å². The predicted octanol–water partition coefficient (Wildman–Crippen LogP) is 2.41. The number of carbonyl (C=O) groups excluding carboxylic acids is 1. The van der Waals surface area contributed by atoms with Crippen molar-refractivity contribution in [3.8, 4) is 0 Å². The maximum atomic E-state index is 13.0. The maximum Gasteiger partial charge on any atom is 0.250 e. The molecular formula is C17H25N5O3S2. The predicted molar refractivity (Wildman–Crippen MR) is 103 cm³/mol. The Morgan fingerprint density at radius 3 is 2.78 bits per heavy atom. The van der Waals surface area contributed by atoms with Crippen molar-refractivity contribution >= 4 is 27.3 Å². The van der Waals surface area contributed by atoms with Crippen molar-refractivity contribution in [3.63, 3.8) is 0 Å². The molecule has 2 aromatic heterocycles. The van der Waals surface area contributed by atoms with Crippen LogP contribution in [0, 0.1) is 0 Å². The van der Waals surface area contributed by atoms with Crippen molar-refractivity contribution < 1.29 is 13.2 Å². The molecule has 0 bridgehead atoms. The lowest BCUT2D eigenvalue weighted by atomic mass is 10.0. The summed E-state index contributed by atoms with van der Waals surface area (Å²) in [5, 5.41) is 8.89. The van der Waals surface area contributed by atoms with Gasteiger partial charge in [0.15, 0.2) is 5.82 Å². The van der Waals surface area contributed by atoms with E-state index in [4.69, 9.17) is 0 Å². The van der Waals surface area contributed by atoms with Crippen molar-refractivity contribution in [1.82, 2.24) is 24.8 Å². The van der Waals surface area contributed by atoms with Gasteiger partial charge in [-0.15, -0.1) is 11.3 Å². The van der Waals surface area contributed by atoms with Crippen LogP contribution in [0.2, 0.25) is 0 Å². The van der Waals surface area contributed by atoms with E-state index < -0.39 is 16.1 Å². The van der Waals surface area contributed by atoms with Crippen LogP contribution in [0.3, 0.4) is 0 Å². The molecule has 0 aliphatic carbocycles. The van der Waals surface area contributed by atoms with Gasteiger partial charge in [-0.2, -0.15) is 9.82 Å². The number of nitrogens with one attached hydrogen (secondary N) is 2. The van der Waals surface area contributed by atoms with Crippen LogP contribution in [-0.2, 0) is 14.8 Å². The van der Waals surface area contributed by atoms with Crippen LogP contribution in [0.5, 0.6) is 0 Å². The van der Waals surface area contributed by atoms with Crippen LogP contribution in [0.4, 0.5) is 0 Å². The van der Waals surface area contributed by atoms with Gasteiger partial charge in [0, 0.05) is 12.5 Å². The lowest BCUT2D eigenvalue weighted by Crippen LogP contribution is -2.49. The number of hydrogen-bond acceptors (Lipinski definition) is 6. The average molecular weight is 412 g/mol. The van der Waals surface area contributed by atoms with Crippen LogP contribution in [-0.4, -0.2) is 47.0 Å². The third-order valence-electron chi connectivity index (χ3n) is 4.60. The molecule has 0 aromatic carbocycles. The highest BCUT2D eigenvalue weighted by atomic mass is 32.2. The van der Waals surface area contributed by atoms with Gasteiger partial charge < -0.3 is 4.90 Å². The van der Waals surface area contributed by atoms with Gasteiger partial charge in [0.2, 0.25) is 5.91 Å². The normalized spacial score (nSPS) is 19.4. The van der Waals surface area contributed by atoms with Gasteiger partial charge in [0.05, 0.1) is 12.1 Å². The van der Waals surface area contributed by atoms with Crippen molar-refractivity contribution in [2.75, 3.05) is 6.54 Å². The zero-order chi connectivity index (χ0) is 19.6. The molecule has 3 heterocycles. The van der Waals surface area contributed by atoms with Gasteiger partial charge in [-0.05, 0) is 37.6 Å². The summed E-state index contributed by atoms with van der Waals surface area (Å²) >= 11 is 1.12. The monoisotopic (exact) mass is 411 g/mol. The Kier molecular flexibility index (Phi) is 5.97. The Morgan fingerprint density at radius 1 is 1.37 bits per heavy atom. The zero-order valence-corrected chi connectivity index (χ0v) is 17.3. The molecule has 2 atom stereocenters. The van der Waals surface area contributed by atoms with E-state index in [1.165, 1.54) is 6.07 Å². The Bertz CT molecular complexity index is 876. The first-order chi connectivity index (χ1) is 12.8. The highest BCUT2D eigenvalue weighted by Gasteiger charge is 2.34. The summed E-state index contributed by atoms with van der Waals surface area (Å²) in [6.07, 6.45) is 2.65. The van der Waals surface area contributed by atoms with Gasteiger partial charge in [0.1, 0.15) is 10.0 Å². The number of rotatable bonds is 6. The number of hydrogen-bond donors (Lipinski definition) is 2. The number of aromatic nitrogens is 3. The lowest BCUT2D eigenvalue weighted by molar-refractivity contribution is -0.136.